The lowest BCUT2D eigenvalue weighted by Crippen LogP contribution is -2.50. The van der Waals surface area contributed by atoms with Crippen LogP contribution < -0.4 is 9.47 Å². The van der Waals surface area contributed by atoms with Crippen molar-refractivity contribution < 1.29 is 33.3 Å². The summed E-state index contributed by atoms with van der Waals surface area (Å²) in [5.74, 6) is -0.420. The van der Waals surface area contributed by atoms with Gasteiger partial charge in [-0.15, -0.1) is 0 Å². The molecule has 2 aromatic rings. The molecule has 1 amide bonds. The highest BCUT2D eigenvalue weighted by molar-refractivity contribution is 6.30. The maximum atomic E-state index is 13.1. The number of ether oxygens (including phenoxy) is 3. The van der Waals surface area contributed by atoms with Gasteiger partial charge in [-0.1, -0.05) is 11.6 Å². The summed E-state index contributed by atoms with van der Waals surface area (Å²) in [6.45, 7) is -0.568. The van der Waals surface area contributed by atoms with Crippen LogP contribution in [-0.2, 0) is 20.9 Å². The van der Waals surface area contributed by atoms with Crippen molar-refractivity contribution in [2.75, 3.05) is 13.2 Å². The van der Waals surface area contributed by atoms with E-state index < -0.39 is 12.6 Å². The van der Waals surface area contributed by atoms with Crippen LogP contribution in [-0.4, -0.2) is 53.3 Å². The molecule has 3 atom stereocenters. The van der Waals surface area contributed by atoms with E-state index in [2.05, 4.69) is 0 Å². The van der Waals surface area contributed by atoms with Crippen molar-refractivity contribution in [1.82, 2.24) is 4.90 Å². The third-order valence-electron chi connectivity index (χ3n) is 5.95. The minimum absolute atomic E-state index is 0.00769. The van der Waals surface area contributed by atoms with Crippen LogP contribution in [0.3, 0.4) is 0 Å². The van der Waals surface area contributed by atoms with E-state index in [1.165, 1.54) is 12.1 Å². The van der Waals surface area contributed by atoms with Crippen LogP contribution in [0.4, 0.5) is 4.39 Å². The van der Waals surface area contributed by atoms with Crippen molar-refractivity contribution in [3.63, 3.8) is 0 Å². The van der Waals surface area contributed by atoms with E-state index in [4.69, 9.17) is 30.9 Å². The molecule has 0 aromatic heterocycles. The summed E-state index contributed by atoms with van der Waals surface area (Å²) in [5, 5.41) is 9.21. The minimum atomic E-state index is -1.07. The maximum Gasteiger partial charge on any atom is 0.329 e. The number of carbonyl (C=O) groups excluding carboxylic acids is 1. The topological polar surface area (TPSA) is 85.3 Å². The highest BCUT2D eigenvalue weighted by Gasteiger charge is 2.44. The molecular formula is C24H25ClFNO6. The van der Waals surface area contributed by atoms with Gasteiger partial charge in [-0.25, -0.2) is 9.18 Å². The largest absolute Gasteiger partial charge is 0.490 e. The number of hydrogen-bond donors (Lipinski definition) is 1. The van der Waals surface area contributed by atoms with Gasteiger partial charge >= 0.3 is 5.97 Å². The predicted octanol–water partition coefficient (Wildman–Crippen LogP) is 4.06. The second-order valence-corrected chi connectivity index (χ2v) is 8.71. The fraction of sp³-hybridized carbons (Fsp3) is 0.417. The number of benzene rings is 2. The van der Waals surface area contributed by atoms with E-state index >= 15 is 0 Å². The fourth-order valence-corrected chi connectivity index (χ4v) is 4.79. The first kappa shape index (κ1) is 23.3. The summed E-state index contributed by atoms with van der Waals surface area (Å²) < 4.78 is 30.1. The zero-order chi connectivity index (χ0) is 23.4. The summed E-state index contributed by atoms with van der Waals surface area (Å²) >= 11 is 6.04. The second-order valence-electron chi connectivity index (χ2n) is 8.28. The Labute approximate surface area is 196 Å². The van der Waals surface area contributed by atoms with Crippen LogP contribution in [0, 0.1) is 5.82 Å². The quantitative estimate of drug-likeness (QED) is 0.586. The molecule has 7 nitrogen and oxygen atoms in total. The molecule has 0 radical (unpaired) electrons. The Hall–Kier alpha value is -2.84. The average molecular weight is 478 g/mol. The first-order valence-corrected chi connectivity index (χ1v) is 11.2. The monoisotopic (exact) mass is 477 g/mol. The molecule has 33 heavy (non-hydrogen) atoms. The van der Waals surface area contributed by atoms with Crippen LogP contribution in [0.15, 0.2) is 42.5 Å². The van der Waals surface area contributed by atoms with Gasteiger partial charge in [-0.05, 0) is 55.3 Å². The van der Waals surface area contributed by atoms with Crippen molar-refractivity contribution >= 4 is 23.5 Å². The van der Waals surface area contributed by atoms with E-state index in [1.807, 2.05) is 4.90 Å². The molecule has 2 heterocycles. The highest BCUT2D eigenvalue weighted by Crippen LogP contribution is 2.37. The number of amides is 1. The molecule has 1 N–H and O–H groups in total. The molecule has 1 unspecified atom stereocenters. The Morgan fingerprint density at radius 3 is 2.42 bits per heavy atom. The number of nitrogens with zero attached hydrogens (tertiary/aromatic N) is 1. The molecular weight excluding hydrogens is 453 g/mol. The van der Waals surface area contributed by atoms with Gasteiger partial charge in [0.05, 0.1) is 6.61 Å². The second kappa shape index (κ2) is 10.4. The number of aliphatic carboxylic acids is 1. The van der Waals surface area contributed by atoms with Gasteiger partial charge in [-0.2, -0.15) is 0 Å². The molecule has 2 aliphatic heterocycles. The molecule has 9 heteroatoms. The average Bonchev–Trinajstić information content (AvgIpc) is 3.05. The number of carboxylic acids is 1. The first-order valence-electron chi connectivity index (χ1n) is 10.8. The van der Waals surface area contributed by atoms with Crippen LogP contribution in [0.1, 0.15) is 31.2 Å². The predicted molar refractivity (Wildman–Crippen MR) is 118 cm³/mol. The van der Waals surface area contributed by atoms with Gasteiger partial charge < -0.3 is 24.2 Å². The summed E-state index contributed by atoms with van der Waals surface area (Å²) in [7, 11) is 0. The smallest absolute Gasteiger partial charge is 0.329 e. The zero-order valence-electron chi connectivity index (χ0n) is 17.9. The summed E-state index contributed by atoms with van der Waals surface area (Å²) in [4.78, 5) is 25.6. The Morgan fingerprint density at radius 1 is 1.06 bits per heavy atom. The molecule has 0 saturated carbocycles. The third-order valence-corrected chi connectivity index (χ3v) is 6.19. The maximum absolute atomic E-state index is 13.1. The Morgan fingerprint density at radius 2 is 1.76 bits per heavy atom. The molecule has 2 bridgehead atoms. The molecule has 176 valence electrons. The normalized spacial score (nSPS) is 21.6. The van der Waals surface area contributed by atoms with E-state index in [0.717, 1.165) is 25.7 Å². The molecule has 2 aromatic carbocycles. The van der Waals surface area contributed by atoms with Gasteiger partial charge in [0.2, 0.25) is 0 Å². The van der Waals surface area contributed by atoms with Crippen molar-refractivity contribution in [1.29, 1.82) is 0 Å². The van der Waals surface area contributed by atoms with Crippen LogP contribution in [0.5, 0.6) is 11.5 Å². The van der Waals surface area contributed by atoms with E-state index in [0.29, 0.717) is 22.1 Å². The number of halogens is 2. The van der Waals surface area contributed by atoms with Gasteiger partial charge in [0.1, 0.15) is 30.0 Å². The lowest BCUT2D eigenvalue weighted by atomic mass is 9.99. The highest BCUT2D eigenvalue weighted by atomic mass is 35.5. The van der Waals surface area contributed by atoms with E-state index in [9.17, 15) is 14.0 Å². The van der Waals surface area contributed by atoms with E-state index in [-0.39, 0.29) is 43.1 Å². The zero-order valence-corrected chi connectivity index (χ0v) is 18.7. The number of carbonyl (C=O) groups is 2. The molecule has 4 rings (SSSR count). The van der Waals surface area contributed by atoms with Crippen molar-refractivity contribution in [2.24, 2.45) is 0 Å². The number of rotatable bonds is 9. The van der Waals surface area contributed by atoms with E-state index in [1.54, 1.807) is 30.3 Å². The number of fused-ring (bicyclic) bond motifs is 2. The van der Waals surface area contributed by atoms with Gasteiger partial charge in [0.25, 0.3) is 5.91 Å². The van der Waals surface area contributed by atoms with Gasteiger partial charge in [0.15, 0.2) is 6.61 Å². The van der Waals surface area contributed by atoms with Crippen molar-refractivity contribution in [3.05, 3.63) is 58.9 Å². The molecule has 2 aliphatic rings. The number of hydrogen-bond acceptors (Lipinski definition) is 5. The molecule has 0 aliphatic carbocycles. The third kappa shape index (κ3) is 5.94. The lowest BCUT2D eigenvalue weighted by molar-refractivity contribution is -0.142. The fourth-order valence-electron chi connectivity index (χ4n) is 4.60. The number of carboxylic acid groups (broad SMARTS) is 1. The Balaban J connectivity index is 1.33. The van der Waals surface area contributed by atoms with Crippen molar-refractivity contribution in [3.8, 4) is 11.5 Å². The minimum Gasteiger partial charge on any atom is -0.490 e. The van der Waals surface area contributed by atoms with Crippen molar-refractivity contribution in [2.45, 2.75) is 50.5 Å². The Kier molecular flexibility index (Phi) is 7.35. The summed E-state index contributed by atoms with van der Waals surface area (Å²) in [5.41, 5.74) is 0.575. The summed E-state index contributed by atoms with van der Waals surface area (Å²) in [6.07, 6.45) is 3.24. The molecule has 2 saturated heterocycles. The molecule has 2 fully saturated rings. The van der Waals surface area contributed by atoms with Crippen LogP contribution in [0.25, 0.3) is 0 Å². The SMILES string of the molecule is O=C(O)COCc1cc(Cl)ccc1OCC(=O)N1[C@@H]2CC[C@H]1CC(Oc1ccc(F)cc1)C2. The first-order chi connectivity index (χ1) is 15.9. The standard InChI is InChI=1S/C24H25ClFNO6/c25-16-1-8-22(15(9-16)12-31-14-24(29)30)32-13-23(28)27-18-4-5-19(27)11-21(10-18)33-20-6-2-17(26)3-7-20/h1-3,6-9,18-19,21H,4-5,10-14H2,(H,29,30)/t18-,19+,21?. The molecule has 0 spiro atoms. The number of piperidine rings is 1. The summed E-state index contributed by atoms with van der Waals surface area (Å²) in [6, 6.07) is 11.1. The van der Waals surface area contributed by atoms with Gasteiger partial charge in [-0.3, -0.25) is 4.79 Å². The van der Waals surface area contributed by atoms with Crippen LogP contribution in [0.2, 0.25) is 5.02 Å². The van der Waals surface area contributed by atoms with Crippen LogP contribution >= 0.6 is 11.6 Å². The lowest BCUT2D eigenvalue weighted by Gasteiger charge is -2.38. The van der Waals surface area contributed by atoms with Gasteiger partial charge in [0, 0.05) is 35.5 Å². The Bertz CT molecular complexity index is 987.